The molecule has 1 aromatic carbocycles. The van der Waals surface area contributed by atoms with Gasteiger partial charge in [-0.1, -0.05) is 0 Å². The molecule has 1 N–H and O–H groups in total. The Labute approximate surface area is 163 Å². The summed E-state index contributed by atoms with van der Waals surface area (Å²) in [5.74, 6) is -0.606. The fourth-order valence-corrected chi connectivity index (χ4v) is 3.61. The van der Waals surface area contributed by atoms with E-state index >= 15 is 0 Å². The summed E-state index contributed by atoms with van der Waals surface area (Å²) in [5.41, 5.74) is 0.151. The van der Waals surface area contributed by atoms with Crippen molar-refractivity contribution in [3.05, 3.63) is 18.2 Å². The Morgan fingerprint density at radius 1 is 1.18 bits per heavy atom. The summed E-state index contributed by atoms with van der Waals surface area (Å²) in [6.45, 7) is 3.67. The molecule has 0 aromatic heterocycles. The van der Waals surface area contributed by atoms with Crippen molar-refractivity contribution in [2.24, 2.45) is 11.8 Å². The number of piperidine rings is 1. The summed E-state index contributed by atoms with van der Waals surface area (Å²) >= 11 is 0. The zero-order chi connectivity index (χ0) is 20.3. The molecule has 0 radical (unpaired) electrons. The van der Waals surface area contributed by atoms with Gasteiger partial charge in [-0.25, -0.2) is 0 Å². The number of hydrogen-bond acceptors (Lipinski definition) is 4. The van der Waals surface area contributed by atoms with Crippen molar-refractivity contribution in [2.45, 2.75) is 44.8 Å². The number of hydrogen-bond donors (Lipinski definition) is 1. The highest BCUT2D eigenvalue weighted by Crippen LogP contribution is 2.36. The largest absolute Gasteiger partial charge is 0.497 e. The lowest BCUT2D eigenvalue weighted by atomic mass is 9.89. The highest BCUT2D eigenvalue weighted by molar-refractivity contribution is 5.98. The Morgan fingerprint density at radius 2 is 1.82 bits per heavy atom. The zero-order valence-electron chi connectivity index (χ0n) is 16.2. The standard InChI is InChI=1S/C20H27F3N2O3/c1-13(15-5-7-24-8-6-15)25(19(26)20(21,22)23)16-9-17(27-2)11-18(10-16)28-12-14-3-4-14/h9-11,13-15,24H,3-8,12H2,1-2H3. The number of ether oxygens (including phenoxy) is 2. The Hall–Kier alpha value is -1.96. The van der Waals surface area contributed by atoms with Gasteiger partial charge in [0.25, 0.3) is 0 Å². The molecule has 1 atom stereocenters. The quantitative estimate of drug-likeness (QED) is 0.757. The zero-order valence-corrected chi connectivity index (χ0v) is 16.2. The van der Waals surface area contributed by atoms with Crippen LogP contribution in [0.2, 0.25) is 0 Å². The molecule has 1 saturated heterocycles. The van der Waals surface area contributed by atoms with E-state index in [0.717, 1.165) is 43.7 Å². The summed E-state index contributed by atoms with van der Waals surface area (Å²) in [6.07, 6.45) is -1.32. The van der Waals surface area contributed by atoms with E-state index in [2.05, 4.69) is 5.32 Å². The Balaban J connectivity index is 1.93. The van der Waals surface area contributed by atoms with E-state index < -0.39 is 18.1 Å². The van der Waals surface area contributed by atoms with Gasteiger partial charge in [0, 0.05) is 24.2 Å². The van der Waals surface area contributed by atoms with Crippen LogP contribution in [0.5, 0.6) is 11.5 Å². The molecule has 1 aliphatic carbocycles. The van der Waals surface area contributed by atoms with E-state index in [1.165, 1.54) is 19.2 Å². The number of alkyl halides is 3. The molecular weight excluding hydrogens is 373 g/mol. The van der Waals surface area contributed by atoms with Crippen molar-refractivity contribution >= 4 is 11.6 Å². The lowest BCUT2D eigenvalue weighted by Gasteiger charge is -2.37. The summed E-state index contributed by atoms with van der Waals surface area (Å²) in [4.78, 5) is 13.2. The fraction of sp³-hybridized carbons (Fsp3) is 0.650. The smallest absolute Gasteiger partial charge is 0.471 e. The van der Waals surface area contributed by atoms with E-state index in [9.17, 15) is 18.0 Å². The van der Waals surface area contributed by atoms with Gasteiger partial charge in [0.2, 0.25) is 0 Å². The number of carbonyl (C=O) groups excluding carboxylic acids is 1. The average Bonchev–Trinajstić information content (AvgIpc) is 3.50. The first kappa shape index (κ1) is 20.8. The number of benzene rings is 1. The number of rotatable bonds is 7. The van der Waals surface area contributed by atoms with Crippen LogP contribution in [-0.4, -0.2) is 44.9 Å². The van der Waals surface area contributed by atoms with Crippen LogP contribution in [0.3, 0.4) is 0 Å². The molecule has 1 heterocycles. The molecule has 0 spiro atoms. The summed E-state index contributed by atoms with van der Waals surface area (Å²) in [6, 6.07) is 4.01. The van der Waals surface area contributed by atoms with Crippen LogP contribution < -0.4 is 19.7 Å². The molecule has 1 amide bonds. The van der Waals surface area contributed by atoms with Gasteiger partial charge in [-0.2, -0.15) is 13.2 Å². The van der Waals surface area contributed by atoms with Crippen molar-refractivity contribution in [1.29, 1.82) is 0 Å². The van der Waals surface area contributed by atoms with Crippen LogP contribution in [0.4, 0.5) is 18.9 Å². The highest BCUT2D eigenvalue weighted by atomic mass is 19.4. The molecule has 8 heteroatoms. The molecule has 1 aromatic rings. The van der Waals surface area contributed by atoms with Gasteiger partial charge in [0.05, 0.1) is 19.4 Å². The van der Waals surface area contributed by atoms with E-state index in [1.54, 1.807) is 13.0 Å². The second-order valence-electron chi connectivity index (χ2n) is 7.62. The van der Waals surface area contributed by atoms with E-state index in [1.807, 2.05) is 0 Å². The summed E-state index contributed by atoms with van der Waals surface area (Å²) in [7, 11) is 1.44. The Bertz CT molecular complexity index is 686. The predicted molar refractivity (Wildman–Crippen MR) is 99.8 cm³/mol. The van der Waals surface area contributed by atoms with Crippen molar-refractivity contribution < 1.29 is 27.4 Å². The average molecular weight is 400 g/mol. The summed E-state index contributed by atoms with van der Waals surface area (Å²) < 4.78 is 51.2. The maximum Gasteiger partial charge on any atom is 0.471 e. The normalized spacial score (nSPS) is 19.2. The van der Waals surface area contributed by atoms with Crippen LogP contribution in [-0.2, 0) is 4.79 Å². The molecule has 2 fully saturated rings. The second kappa shape index (κ2) is 8.59. The van der Waals surface area contributed by atoms with Gasteiger partial charge < -0.3 is 19.7 Å². The predicted octanol–water partition coefficient (Wildman–Crippen LogP) is 3.77. The molecular formula is C20H27F3N2O3. The third-order valence-corrected chi connectivity index (χ3v) is 5.50. The van der Waals surface area contributed by atoms with Crippen molar-refractivity contribution in [3.63, 3.8) is 0 Å². The molecule has 1 unspecified atom stereocenters. The molecule has 1 saturated carbocycles. The number of anilines is 1. The highest BCUT2D eigenvalue weighted by Gasteiger charge is 2.46. The number of halogens is 3. The summed E-state index contributed by atoms with van der Waals surface area (Å²) in [5, 5.41) is 3.20. The van der Waals surface area contributed by atoms with Gasteiger partial charge in [0.1, 0.15) is 11.5 Å². The van der Waals surface area contributed by atoms with Crippen molar-refractivity contribution in [1.82, 2.24) is 5.32 Å². The molecule has 5 nitrogen and oxygen atoms in total. The third-order valence-electron chi connectivity index (χ3n) is 5.50. The maximum absolute atomic E-state index is 13.4. The van der Waals surface area contributed by atoms with Gasteiger partial charge >= 0.3 is 12.1 Å². The number of nitrogens with zero attached hydrogens (tertiary/aromatic N) is 1. The van der Waals surface area contributed by atoms with Crippen LogP contribution in [0.15, 0.2) is 18.2 Å². The van der Waals surface area contributed by atoms with Crippen LogP contribution in [0.25, 0.3) is 0 Å². The molecule has 156 valence electrons. The SMILES string of the molecule is COc1cc(OCC2CC2)cc(N(C(=O)C(F)(F)F)C(C)C2CCNCC2)c1. The number of nitrogens with one attached hydrogen (secondary N) is 1. The van der Waals surface area contributed by atoms with Gasteiger partial charge in [0.15, 0.2) is 0 Å². The second-order valence-corrected chi connectivity index (χ2v) is 7.62. The Kier molecular flexibility index (Phi) is 6.37. The lowest BCUT2D eigenvalue weighted by molar-refractivity contribution is -0.171. The van der Waals surface area contributed by atoms with E-state index in [-0.39, 0.29) is 11.6 Å². The molecule has 1 aliphatic heterocycles. The van der Waals surface area contributed by atoms with E-state index in [4.69, 9.17) is 9.47 Å². The van der Waals surface area contributed by atoms with Crippen LogP contribution in [0, 0.1) is 11.8 Å². The Morgan fingerprint density at radius 3 is 2.39 bits per heavy atom. The van der Waals surface area contributed by atoms with Crippen LogP contribution in [0.1, 0.15) is 32.6 Å². The molecule has 2 aliphatic rings. The minimum absolute atomic E-state index is 0.0189. The molecule has 28 heavy (non-hydrogen) atoms. The van der Waals surface area contributed by atoms with Crippen molar-refractivity contribution in [2.75, 3.05) is 31.7 Å². The lowest BCUT2D eigenvalue weighted by Crippen LogP contribution is -2.50. The molecule has 0 bridgehead atoms. The number of carbonyl (C=O) groups is 1. The third kappa shape index (κ3) is 5.10. The fourth-order valence-electron chi connectivity index (χ4n) is 3.61. The topological polar surface area (TPSA) is 50.8 Å². The van der Waals surface area contributed by atoms with Gasteiger partial charge in [-0.15, -0.1) is 0 Å². The minimum atomic E-state index is -4.96. The monoisotopic (exact) mass is 400 g/mol. The van der Waals surface area contributed by atoms with Crippen molar-refractivity contribution in [3.8, 4) is 11.5 Å². The first-order valence-electron chi connectivity index (χ1n) is 9.72. The first-order valence-corrected chi connectivity index (χ1v) is 9.72. The molecule has 3 rings (SSSR count). The first-order chi connectivity index (χ1) is 13.3. The van der Waals surface area contributed by atoms with Gasteiger partial charge in [-0.05, 0) is 57.5 Å². The maximum atomic E-state index is 13.4. The number of amides is 1. The minimum Gasteiger partial charge on any atom is -0.497 e. The van der Waals surface area contributed by atoms with Crippen LogP contribution >= 0.6 is 0 Å². The number of methoxy groups -OCH3 is 1. The van der Waals surface area contributed by atoms with E-state index in [0.29, 0.717) is 24.0 Å². The van der Waals surface area contributed by atoms with Gasteiger partial charge in [-0.3, -0.25) is 4.79 Å².